The summed E-state index contributed by atoms with van der Waals surface area (Å²) in [6.45, 7) is 0.104. The topological polar surface area (TPSA) is 81.5 Å². The number of ether oxygens (including phenoxy) is 1. The molecule has 6 nitrogen and oxygen atoms in total. The number of hydrogen-bond acceptors (Lipinski definition) is 5. The number of nitro benzene ring substituents is 1. The van der Waals surface area contributed by atoms with Gasteiger partial charge in [0.15, 0.2) is 5.75 Å². The molecular formula is C18H12Cl2N2O4S. The van der Waals surface area contributed by atoms with Gasteiger partial charge in [-0.1, -0.05) is 41.4 Å². The molecule has 0 spiro atoms. The van der Waals surface area contributed by atoms with Gasteiger partial charge in [-0.25, -0.2) is 0 Å². The van der Waals surface area contributed by atoms with E-state index in [2.05, 4.69) is 5.32 Å². The molecule has 2 aromatic carbocycles. The SMILES string of the molecule is O=C(Nc1cccc(Cl)c1Cl)c1cc(COc2ccccc2[N+](=O)[O-])cs1. The van der Waals surface area contributed by atoms with Crippen molar-refractivity contribution in [3.05, 3.63) is 84.5 Å². The number of nitrogens with zero attached hydrogens (tertiary/aromatic N) is 1. The van der Waals surface area contributed by atoms with E-state index in [1.807, 2.05) is 0 Å². The minimum absolute atomic E-state index is 0.104. The maximum absolute atomic E-state index is 12.4. The maximum Gasteiger partial charge on any atom is 0.310 e. The Labute approximate surface area is 168 Å². The Morgan fingerprint density at radius 3 is 2.74 bits per heavy atom. The second kappa shape index (κ2) is 8.39. The Balaban J connectivity index is 1.67. The summed E-state index contributed by atoms with van der Waals surface area (Å²) < 4.78 is 5.53. The van der Waals surface area contributed by atoms with Crippen molar-refractivity contribution in [2.75, 3.05) is 5.32 Å². The Morgan fingerprint density at radius 2 is 1.96 bits per heavy atom. The number of nitro groups is 1. The van der Waals surface area contributed by atoms with Crippen LogP contribution in [0.5, 0.6) is 5.75 Å². The summed E-state index contributed by atoms with van der Waals surface area (Å²) >= 11 is 13.2. The number of benzene rings is 2. The number of nitrogens with one attached hydrogen (secondary N) is 1. The summed E-state index contributed by atoms with van der Waals surface area (Å²) in [4.78, 5) is 23.3. The lowest BCUT2D eigenvalue weighted by Gasteiger charge is -2.07. The molecule has 0 aliphatic rings. The molecule has 0 radical (unpaired) electrons. The van der Waals surface area contributed by atoms with Gasteiger partial charge >= 0.3 is 5.69 Å². The molecule has 0 bridgehead atoms. The van der Waals surface area contributed by atoms with Crippen molar-refractivity contribution < 1.29 is 14.5 Å². The lowest BCUT2D eigenvalue weighted by molar-refractivity contribution is -0.385. The fraction of sp³-hybridized carbons (Fsp3) is 0.0556. The number of halogens is 2. The molecular weight excluding hydrogens is 411 g/mol. The second-order valence-corrected chi connectivity index (χ2v) is 7.08. The average Bonchev–Trinajstić information content (AvgIpc) is 3.13. The van der Waals surface area contributed by atoms with Crippen LogP contribution in [0.3, 0.4) is 0 Å². The Hall–Kier alpha value is -2.61. The van der Waals surface area contributed by atoms with Crippen molar-refractivity contribution in [2.45, 2.75) is 6.61 Å². The van der Waals surface area contributed by atoms with Gasteiger partial charge < -0.3 is 10.1 Å². The Bertz CT molecular complexity index is 1010. The van der Waals surface area contributed by atoms with Gasteiger partial charge in [-0.05, 0) is 29.6 Å². The van der Waals surface area contributed by atoms with Gasteiger partial charge in [-0.2, -0.15) is 0 Å². The zero-order valence-corrected chi connectivity index (χ0v) is 16.0. The molecule has 138 valence electrons. The Morgan fingerprint density at radius 1 is 1.19 bits per heavy atom. The summed E-state index contributed by atoms with van der Waals surface area (Å²) in [6, 6.07) is 12.7. The van der Waals surface area contributed by atoms with Gasteiger partial charge in [-0.3, -0.25) is 14.9 Å². The predicted molar refractivity (Wildman–Crippen MR) is 106 cm³/mol. The normalized spacial score (nSPS) is 10.4. The highest BCUT2D eigenvalue weighted by atomic mass is 35.5. The number of anilines is 1. The standard InChI is InChI=1S/C18H12Cl2N2O4S/c19-12-4-3-5-13(17(12)20)21-18(23)16-8-11(10-27-16)9-26-15-7-2-1-6-14(15)22(24)25/h1-8,10H,9H2,(H,21,23). The van der Waals surface area contributed by atoms with Crippen LogP contribution in [-0.4, -0.2) is 10.8 Å². The summed E-state index contributed by atoms with van der Waals surface area (Å²) in [5.74, 6) is -0.161. The first-order valence-corrected chi connectivity index (χ1v) is 9.28. The first kappa shape index (κ1) is 19.2. The molecule has 1 N–H and O–H groups in total. The minimum atomic E-state index is -0.503. The fourth-order valence-corrected chi connectivity index (χ4v) is 3.39. The van der Waals surface area contributed by atoms with E-state index in [1.165, 1.54) is 23.5 Å². The molecule has 3 rings (SSSR count). The number of hydrogen-bond donors (Lipinski definition) is 1. The van der Waals surface area contributed by atoms with E-state index in [0.717, 1.165) is 5.56 Å². The van der Waals surface area contributed by atoms with Crippen molar-refractivity contribution in [1.82, 2.24) is 0 Å². The van der Waals surface area contributed by atoms with Crippen molar-refractivity contribution in [3.63, 3.8) is 0 Å². The van der Waals surface area contributed by atoms with Gasteiger partial charge in [0.1, 0.15) is 6.61 Å². The van der Waals surface area contributed by atoms with Crippen molar-refractivity contribution >= 4 is 51.8 Å². The molecule has 0 fully saturated rings. The monoisotopic (exact) mass is 422 g/mol. The molecule has 1 heterocycles. The first-order chi connectivity index (χ1) is 13.0. The highest BCUT2D eigenvalue weighted by Gasteiger charge is 2.15. The van der Waals surface area contributed by atoms with Crippen LogP contribution < -0.4 is 10.1 Å². The Kier molecular flexibility index (Phi) is 5.95. The predicted octanol–water partition coefficient (Wildman–Crippen LogP) is 5.79. The summed E-state index contributed by atoms with van der Waals surface area (Å²) in [5, 5.41) is 16.1. The third kappa shape index (κ3) is 4.57. The molecule has 0 saturated carbocycles. The maximum atomic E-state index is 12.4. The number of amides is 1. The molecule has 0 aliphatic carbocycles. The van der Waals surface area contributed by atoms with E-state index in [0.29, 0.717) is 15.6 Å². The molecule has 0 aliphatic heterocycles. The van der Waals surface area contributed by atoms with Crippen molar-refractivity contribution in [3.8, 4) is 5.75 Å². The molecule has 1 amide bonds. The van der Waals surface area contributed by atoms with Crippen LogP contribution in [0.4, 0.5) is 11.4 Å². The van der Waals surface area contributed by atoms with E-state index in [-0.39, 0.29) is 29.0 Å². The molecule has 27 heavy (non-hydrogen) atoms. The van der Waals surface area contributed by atoms with Gasteiger partial charge in [-0.15, -0.1) is 11.3 Å². The molecule has 0 unspecified atom stereocenters. The quantitative estimate of drug-likeness (QED) is 0.402. The molecule has 0 atom stereocenters. The fourth-order valence-electron chi connectivity index (χ4n) is 2.25. The number of rotatable bonds is 6. The minimum Gasteiger partial charge on any atom is -0.482 e. The van der Waals surface area contributed by atoms with Crippen LogP contribution in [0.2, 0.25) is 10.0 Å². The number of para-hydroxylation sites is 2. The van der Waals surface area contributed by atoms with Gasteiger partial charge in [0.25, 0.3) is 5.91 Å². The van der Waals surface area contributed by atoms with E-state index >= 15 is 0 Å². The average molecular weight is 423 g/mol. The largest absolute Gasteiger partial charge is 0.482 e. The third-order valence-electron chi connectivity index (χ3n) is 3.53. The van der Waals surface area contributed by atoms with Crippen LogP contribution in [0, 0.1) is 10.1 Å². The van der Waals surface area contributed by atoms with Crippen LogP contribution in [0.1, 0.15) is 15.2 Å². The van der Waals surface area contributed by atoms with E-state index < -0.39 is 4.92 Å². The lowest BCUT2D eigenvalue weighted by Crippen LogP contribution is -2.10. The van der Waals surface area contributed by atoms with E-state index in [9.17, 15) is 14.9 Å². The van der Waals surface area contributed by atoms with Crippen LogP contribution >= 0.6 is 34.5 Å². The summed E-state index contributed by atoms with van der Waals surface area (Å²) in [5.41, 5.74) is 1.03. The lowest BCUT2D eigenvalue weighted by atomic mass is 10.3. The van der Waals surface area contributed by atoms with Crippen molar-refractivity contribution in [2.24, 2.45) is 0 Å². The highest BCUT2D eigenvalue weighted by Crippen LogP contribution is 2.31. The zero-order chi connectivity index (χ0) is 19.4. The zero-order valence-electron chi connectivity index (χ0n) is 13.6. The van der Waals surface area contributed by atoms with Crippen molar-refractivity contribution in [1.29, 1.82) is 0 Å². The number of carbonyl (C=O) groups excluding carboxylic acids is 1. The van der Waals surface area contributed by atoms with Gasteiger partial charge in [0.05, 0.1) is 25.5 Å². The van der Waals surface area contributed by atoms with E-state index in [4.69, 9.17) is 27.9 Å². The highest BCUT2D eigenvalue weighted by molar-refractivity contribution is 7.12. The first-order valence-electron chi connectivity index (χ1n) is 7.64. The van der Waals surface area contributed by atoms with Gasteiger partial charge in [0.2, 0.25) is 0 Å². The van der Waals surface area contributed by atoms with Crippen LogP contribution in [0.25, 0.3) is 0 Å². The third-order valence-corrected chi connectivity index (χ3v) is 5.33. The molecule has 9 heteroatoms. The second-order valence-electron chi connectivity index (χ2n) is 5.39. The van der Waals surface area contributed by atoms with Crippen LogP contribution in [-0.2, 0) is 6.61 Å². The summed E-state index contributed by atoms with van der Waals surface area (Å²) in [7, 11) is 0. The smallest absolute Gasteiger partial charge is 0.310 e. The van der Waals surface area contributed by atoms with Crippen LogP contribution in [0.15, 0.2) is 53.9 Å². The number of thiophene rings is 1. The molecule has 3 aromatic rings. The van der Waals surface area contributed by atoms with Gasteiger partial charge in [0, 0.05) is 11.6 Å². The molecule has 1 aromatic heterocycles. The van der Waals surface area contributed by atoms with E-state index in [1.54, 1.807) is 41.8 Å². The molecule has 0 saturated heterocycles. The summed E-state index contributed by atoms with van der Waals surface area (Å²) in [6.07, 6.45) is 0. The number of carbonyl (C=O) groups is 1.